The van der Waals surface area contributed by atoms with E-state index in [0.717, 1.165) is 25.5 Å². The molecule has 23 heavy (non-hydrogen) atoms. The minimum Gasteiger partial charge on any atom is -0.506 e. The van der Waals surface area contributed by atoms with Gasteiger partial charge in [0, 0.05) is 9.86 Å². The molecular formula is C17H10BrN3OS. The van der Waals surface area contributed by atoms with Crippen molar-refractivity contribution in [1.29, 1.82) is 0 Å². The molecule has 0 bridgehead atoms. The van der Waals surface area contributed by atoms with E-state index >= 15 is 0 Å². The smallest absolute Gasteiger partial charge is 0.231 e. The van der Waals surface area contributed by atoms with Crippen LogP contribution in [0.4, 0.5) is 10.8 Å². The Balaban J connectivity index is 1.79. The summed E-state index contributed by atoms with van der Waals surface area (Å²) in [5, 5.41) is 21.0. The largest absolute Gasteiger partial charge is 0.506 e. The van der Waals surface area contributed by atoms with Gasteiger partial charge in [0.25, 0.3) is 0 Å². The molecule has 0 unspecified atom stereocenters. The van der Waals surface area contributed by atoms with Crippen molar-refractivity contribution in [2.45, 2.75) is 0 Å². The molecule has 0 saturated carbocycles. The molecule has 0 aliphatic rings. The fraction of sp³-hybridized carbons (Fsp3) is 0. The van der Waals surface area contributed by atoms with Crippen LogP contribution in [0.25, 0.3) is 21.0 Å². The normalized spacial score (nSPS) is 11.7. The van der Waals surface area contributed by atoms with Crippen molar-refractivity contribution >= 4 is 59.1 Å². The number of thiazole rings is 1. The monoisotopic (exact) mass is 383 g/mol. The van der Waals surface area contributed by atoms with E-state index in [9.17, 15) is 5.11 Å². The lowest BCUT2D eigenvalue weighted by molar-refractivity contribution is 0.477. The molecule has 6 heteroatoms. The minimum absolute atomic E-state index is 0.108. The number of benzene rings is 3. The Morgan fingerprint density at radius 2 is 1.87 bits per heavy atom. The van der Waals surface area contributed by atoms with Crippen molar-refractivity contribution in [3.8, 4) is 5.75 Å². The molecule has 4 rings (SSSR count). The second-order valence-corrected chi connectivity index (χ2v) is 6.89. The number of azo groups is 1. The number of aromatic hydroxyl groups is 1. The topological polar surface area (TPSA) is 57.8 Å². The van der Waals surface area contributed by atoms with Gasteiger partial charge in [0.05, 0.1) is 10.2 Å². The lowest BCUT2D eigenvalue weighted by Gasteiger charge is -2.02. The number of fused-ring (bicyclic) bond motifs is 2. The maximum absolute atomic E-state index is 10.1. The third-order valence-electron chi connectivity index (χ3n) is 3.45. The molecule has 0 aliphatic heterocycles. The van der Waals surface area contributed by atoms with Crippen LogP contribution in [-0.2, 0) is 0 Å². The van der Waals surface area contributed by atoms with Crippen molar-refractivity contribution in [2.75, 3.05) is 0 Å². The maximum atomic E-state index is 10.1. The van der Waals surface area contributed by atoms with E-state index < -0.39 is 0 Å². The second kappa shape index (κ2) is 5.72. The van der Waals surface area contributed by atoms with Gasteiger partial charge < -0.3 is 5.11 Å². The van der Waals surface area contributed by atoms with Gasteiger partial charge in [0.15, 0.2) is 0 Å². The molecule has 4 aromatic rings. The van der Waals surface area contributed by atoms with Gasteiger partial charge >= 0.3 is 0 Å². The van der Waals surface area contributed by atoms with Gasteiger partial charge in [0.1, 0.15) is 11.4 Å². The van der Waals surface area contributed by atoms with Crippen LogP contribution in [-0.4, -0.2) is 10.1 Å². The van der Waals surface area contributed by atoms with Crippen molar-refractivity contribution < 1.29 is 5.11 Å². The van der Waals surface area contributed by atoms with Crippen LogP contribution in [0.3, 0.4) is 0 Å². The molecule has 0 spiro atoms. The van der Waals surface area contributed by atoms with Gasteiger partial charge in [-0.1, -0.05) is 57.6 Å². The molecule has 1 N–H and O–H groups in total. The Labute approximate surface area is 144 Å². The van der Waals surface area contributed by atoms with Crippen LogP contribution in [0.5, 0.6) is 5.75 Å². The number of phenols is 1. The van der Waals surface area contributed by atoms with Crippen molar-refractivity contribution in [3.05, 3.63) is 59.1 Å². The predicted octanol–water partition coefficient (Wildman–Crippen LogP) is 6.33. The number of phenolic OH excluding ortho intramolecular Hbond substituents is 1. The Bertz CT molecular complexity index is 1060. The summed E-state index contributed by atoms with van der Waals surface area (Å²) in [6.07, 6.45) is 0. The molecule has 112 valence electrons. The number of aromatic nitrogens is 1. The highest BCUT2D eigenvalue weighted by molar-refractivity contribution is 9.10. The molecule has 0 fully saturated rings. The van der Waals surface area contributed by atoms with E-state index in [-0.39, 0.29) is 5.75 Å². The number of halogens is 1. The molecule has 0 atom stereocenters. The van der Waals surface area contributed by atoms with Crippen LogP contribution in [0.1, 0.15) is 0 Å². The molecule has 1 heterocycles. The highest BCUT2D eigenvalue weighted by Gasteiger charge is 2.07. The van der Waals surface area contributed by atoms with Crippen LogP contribution in [0.15, 0.2) is 69.3 Å². The van der Waals surface area contributed by atoms with Gasteiger partial charge in [-0.25, -0.2) is 4.98 Å². The van der Waals surface area contributed by atoms with Crippen molar-refractivity contribution in [1.82, 2.24) is 4.98 Å². The fourth-order valence-electron chi connectivity index (χ4n) is 2.37. The summed E-state index contributed by atoms with van der Waals surface area (Å²) < 4.78 is 2.04. The molecule has 0 aliphatic carbocycles. The first-order valence-corrected chi connectivity index (χ1v) is 8.50. The Morgan fingerprint density at radius 1 is 1.00 bits per heavy atom. The van der Waals surface area contributed by atoms with Gasteiger partial charge in [-0.2, -0.15) is 0 Å². The van der Waals surface area contributed by atoms with Crippen molar-refractivity contribution in [3.63, 3.8) is 0 Å². The SMILES string of the molecule is Oc1ccc2ccccc2c1N=Nc1nc2ccc(Br)cc2s1. The first-order chi connectivity index (χ1) is 11.2. The molecule has 3 aromatic carbocycles. The van der Waals surface area contributed by atoms with E-state index in [4.69, 9.17) is 0 Å². The molecular weight excluding hydrogens is 374 g/mol. The lowest BCUT2D eigenvalue weighted by atomic mass is 10.1. The standard InChI is InChI=1S/C17H10BrN3OS/c18-11-6-7-13-15(9-11)23-17(19-13)21-20-16-12-4-2-1-3-10(12)5-8-14(16)22/h1-9,22H. The first kappa shape index (κ1) is 14.3. The summed E-state index contributed by atoms with van der Waals surface area (Å²) in [5.41, 5.74) is 1.35. The Kier molecular flexibility index (Phi) is 3.55. The number of nitrogens with zero attached hydrogens (tertiary/aromatic N) is 3. The van der Waals surface area contributed by atoms with E-state index in [1.54, 1.807) is 6.07 Å². The predicted molar refractivity (Wildman–Crippen MR) is 97.1 cm³/mol. The average Bonchev–Trinajstić information content (AvgIpc) is 2.96. The first-order valence-electron chi connectivity index (χ1n) is 6.89. The fourth-order valence-corrected chi connectivity index (χ4v) is 3.71. The lowest BCUT2D eigenvalue weighted by Crippen LogP contribution is -1.74. The van der Waals surface area contributed by atoms with Gasteiger partial charge in [-0.3, -0.25) is 0 Å². The van der Waals surface area contributed by atoms with E-state index in [1.165, 1.54) is 11.3 Å². The third kappa shape index (κ3) is 2.71. The maximum Gasteiger partial charge on any atom is 0.231 e. The molecule has 0 saturated heterocycles. The summed E-state index contributed by atoms with van der Waals surface area (Å²) in [6.45, 7) is 0. The van der Waals surface area contributed by atoms with Crippen molar-refractivity contribution in [2.24, 2.45) is 10.2 Å². The minimum atomic E-state index is 0.108. The Morgan fingerprint density at radius 3 is 2.78 bits per heavy atom. The number of hydrogen-bond donors (Lipinski definition) is 1. The average molecular weight is 384 g/mol. The Hall–Kier alpha value is -2.31. The highest BCUT2D eigenvalue weighted by Crippen LogP contribution is 2.37. The molecule has 0 radical (unpaired) electrons. The summed E-state index contributed by atoms with van der Waals surface area (Å²) in [6, 6.07) is 17.1. The van der Waals surface area contributed by atoms with Crippen LogP contribution in [0, 0.1) is 0 Å². The van der Waals surface area contributed by atoms with Crippen LogP contribution >= 0.6 is 27.3 Å². The van der Waals surface area contributed by atoms with Gasteiger partial charge in [0.2, 0.25) is 5.13 Å². The number of rotatable bonds is 2. The third-order valence-corrected chi connectivity index (χ3v) is 4.85. The van der Waals surface area contributed by atoms with E-state index in [1.807, 2.05) is 48.5 Å². The zero-order valence-corrected chi connectivity index (χ0v) is 14.2. The second-order valence-electron chi connectivity index (χ2n) is 4.96. The van der Waals surface area contributed by atoms with Crippen LogP contribution in [0.2, 0.25) is 0 Å². The quantitative estimate of drug-likeness (QED) is 0.411. The van der Waals surface area contributed by atoms with E-state index in [0.29, 0.717) is 10.8 Å². The van der Waals surface area contributed by atoms with E-state index in [2.05, 4.69) is 31.1 Å². The highest BCUT2D eigenvalue weighted by atomic mass is 79.9. The zero-order valence-electron chi connectivity index (χ0n) is 11.8. The van der Waals surface area contributed by atoms with Gasteiger partial charge in [-0.15, -0.1) is 10.2 Å². The molecule has 0 amide bonds. The number of hydrogen-bond acceptors (Lipinski definition) is 5. The summed E-state index contributed by atoms with van der Waals surface area (Å²) in [5.74, 6) is 0.108. The summed E-state index contributed by atoms with van der Waals surface area (Å²) in [7, 11) is 0. The molecule has 1 aromatic heterocycles. The zero-order chi connectivity index (χ0) is 15.8. The van der Waals surface area contributed by atoms with Gasteiger partial charge in [-0.05, 0) is 29.7 Å². The molecule has 4 nitrogen and oxygen atoms in total. The summed E-state index contributed by atoms with van der Waals surface area (Å²) in [4.78, 5) is 4.43. The summed E-state index contributed by atoms with van der Waals surface area (Å²) >= 11 is 4.90. The van der Waals surface area contributed by atoms with Crippen LogP contribution < -0.4 is 0 Å².